The van der Waals surface area contributed by atoms with Crippen molar-refractivity contribution in [1.29, 1.82) is 0 Å². The van der Waals surface area contributed by atoms with Gasteiger partial charge in [-0.15, -0.1) is 11.8 Å². The van der Waals surface area contributed by atoms with Crippen molar-refractivity contribution in [3.63, 3.8) is 0 Å². The number of benzene rings is 2. The van der Waals surface area contributed by atoms with Gasteiger partial charge in [-0.1, -0.05) is 59.3 Å². The molecule has 0 heterocycles. The van der Waals surface area contributed by atoms with E-state index in [-0.39, 0.29) is 6.04 Å². The molecule has 0 fully saturated rings. The molecule has 0 aliphatic rings. The first-order chi connectivity index (χ1) is 10.1. The molecule has 0 aliphatic heterocycles. The molecule has 112 valence electrons. The Bertz CT molecular complexity index is 568. The van der Waals surface area contributed by atoms with Gasteiger partial charge in [-0.3, -0.25) is 0 Å². The van der Waals surface area contributed by atoms with Crippen LogP contribution in [0.4, 0.5) is 0 Å². The van der Waals surface area contributed by atoms with Gasteiger partial charge in [-0.05, 0) is 42.2 Å². The largest absolute Gasteiger partial charge is 0.326 e. The van der Waals surface area contributed by atoms with Crippen LogP contribution in [0.5, 0.6) is 0 Å². The van der Waals surface area contributed by atoms with E-state index in [4.69, 9.17) is 5.73 Å². The molecule has 2 rings (SSSR count). The van der Waals surface area contributed by atoms with Gasteiger partial charge in [-0.2, -0.15) is 0 Å². The number of hydrogen-bond acceptors (Lipinski definition) is 2. The van der Waals surface area contributed by atoms with E-state index in [1.54, 1.807) is 0 Å². The van der Waals surface area contributed by atoms with Crippen molar-refractivity contribution in [1.82, 2.24) is 0 Å². The zero-order valence-corrected chi connectivity index (χ0v) is 15.0. The summed E-state index contributed by atoms with van der Waals surface area (Å²) in [6.45, 7) is 4.33. The van der Waals surface area contributed by atoms with E-state index in [1.165, 1.54) is 16.7 Å². The Labute approximate surface area is 140 Å². The van der Waals surface area contributed by atoms with E-state index < -0.39 is 0 Å². The maximum absolute atomic E-state index is 6.36. The Morgan fingerprint density at radius 3 is 2.38 bits per heavy atom. The SMILES string of the molecule is CCC(N)C(SCc1ccccc1C)c1ccc(Br)cc1. The summed E-state index contributed by atoms with van der Waals surface area (Å²) >= 11 is 5.44. The van der Waals surface area contributed by atoms with Crippen molar-refractivity contribution in [3.05, 3.63) is 69.7 Å². The van der Waals surface area contributed by atoms with Gasteiger partial charge < -0.3 is 5.73 Å². The number of aryl methyl sites for hydroxylation is 1. The number of nitrogens with two attached hydrogens (primary N) is 1. The third-order valence-electron chi connectivity index (χ3n) is 3.74. The average Bonchev–Trinajstić information content (AvgIpc) is 2.50. The molecule has 2 unspecified atom stereocenters. The van der Waals surface area contributed by atoms with Crippen LogP contribution in [0, 0.1) is 6.92 Å². The summed E-state index contributed by atoms with van der Waals surface area (Å²) in [4.78, 5) is 0. The monoisotopic (exact) mass is 363 g/mol. The molecule has 2 aromatic rings. The molecular formula is C18H22BrNS. The fourth-order valence-corrected chi connectivity index (χ4v) is 4.02. The molecule has 2 N–H and O–H groups in total. The Balaban J connectivity index is 2.14. The number of hydrogen-bond donors (Lipinski definition) is 1. The predicted octanol–water partition coefficient (Wildman–Crippen LogP) is 5.47. The molecule has 0 saturated carbocycles. The Hall–Kier alpha value is -0.770. The fraction of sp³-hybridized carbons (Fsp3) is 0.333. The Morgan fingerprint density at radius 2 is 1.76 bits per heavy atom. The molecule has 0 bridgehead atoms. The summed E-state index contributed by atoms with van der Waals surface area (Å²) in [5, 5.41) is 0.336. The minimum absolute atomic E-state index is 0.181. The van der Waals surface area contributed by atoms with Gasteiger partial charge in [-0.25, -0.2) is 0 Å². The highest BCUT2D eigenvalue weighted by Gasteiger charge is 2.19. The summed E-state index contributed by atoms with van der Waals surface area (Å²) in [7, 11) is 0. The highest BCUT2D eigenvalue weighted by Crippen LogP contribution is 2.35. The molecule has 2 atom stereocenters. The molecular weight excluding hydrogens is 342 g/mol. The van der Waals surface area contributed by atoms with Crippen LogP contribution in [0.25, 0.3) is 0 Å². The molecule has 2 aromatic carbocycles. The summed E-state index contributed by atoms with van der Waals surface area (Å²) in [5.74, 6) is 1.00. The van der Waals surface area contributed by atoms with Crippen LogP contribution in [0.3, 0.4) is 0 Å². The predicted molar refractivity (Wildman–Crippen MR) is 97.6 cm³/mol. The summed E-state index contributed by atoms with van der Waals surface area (Å²) in [6.07, 6.45) is 0.988. The maximum Gasteiger partial charge on any atom is 0.0451 e. The van der Waals surface area contributed by atoms with Crippen molar-refractivity contribution in [3.8, 4) is 0 Å². The van der Waals surface area contributed by atoms with Gasteiger partial charge in [0.2, 0.25) is 0 Å². The third-order valence-corrected chi connectivity index (χ3v) is 5.73. The molecule has 0 saturated heterocycles. The lowest BCUT2D eigenvalue weighted by Gasteiger charge is -2.23. The van der Waals surface area contributed by atoms with Crippen LogP contribution in [0.1, 0.15) is 35.3 Å². The smallest absolute Gasteiger partial charge is 0.0451 e. The van der Waals surface area contributed by atoms with Gasteiger partial charge >= 0.3 is 0 Å². The van der Waals surface area contributed by atoms with Crippen LogP contribution < -0.4 is 5.73 Å². The molecule has 0 spiro atoms. The van der Waals surface area contributed by atoms with E-state index in [2.05, 4.69) is 78.3 Å². The lowest BCUT2D eigenvalue weighted by atomic mass is 10.0. The second-order valence-electron chi connectivity index (χ2n) is 5.28. The lowest BCUT2D eigenvalue weighted by molar-refractivity contribution is 0.634. The molecule has 0 amide bonds. The Morgan fingerprint density at radius 1 is 1.10 bits per heavy atom. The van der Waals surface area contributed by atoms with Crippen molar-refractivity contribution in [2.24, 2.45) is 5.73 Å². The third kappa shape index (κ3) is 4.60. The number of thioether (sulfide) groups is 1. The summed E-state index contributed by atoms with van der Waals surface area (Å²) < 4.78 is 1.11. The summed E-state index contributed by atoms with van der Waals surface area (Å²) in [6, 6.07) is 17.3. The van der Waals surface area contributed by atoms with E-state index in [9.17, 15) is 0 Å². The van der Waals surface area contributed by atoms with Crippen molar-refractivity contribution < 1.29 is 0 Å². The van der Waals surface area contributed by atoms with Crippen molar-refractivity contribution >= 4 is 27.7 Å². The van der Waals surface area contributed by atoms with Crippen LogP contribution in [0.2, 0.25) is 0 Å². The van der Waals surface area contributed by atoms with Crippen LogP contribution in [-0.4, -0.2) is 6.04 Å². The standard InChI is InChI=1S/C18H22BrNS/c1-3-17(20)18(14-8-10-16(19)11-9-14)21-12-15-7-5-4-6-13(15)2/h4-11,17-18H,3,12,20H2,1-2H3. The fourth-order valence-electron chi connectivity index (χ4n) is 2.29. The van der Waals surface area contributed by atoms with E-state index in [0.29, 0.717) is 5.25 Å². The zero-order chi connectivity index (χ0) is 15.2. The topological polar surface area (TPSA) is 26.0 Å². The van der Waals surface area contributed by atoms with Gasteiger partial charge in [0.1, 0.15) is 0 Å². The van der Waals surface area contributed by atoms with Gasteiger partial charge in [0, 0.05) is 21.5 Å². The molecule has 3 heteroatoms. The second-order valence-corrected chi connectivity index (χ2v) is 7.33. The first kappa shape index (κ1) is 16.6. The molecule has 1 nitrogen and oxygen atoms in total. The van der Waals surface area contributed by atoms with Gasteiger partial charge in [0.05, 0.1) is 0 Å². The molecule has 0 aromatic heterocycles. The van der Waals surface area contributed by atoms with E-state index in [0.717, 1.165) is 16.6 Å². The highest BCUT2D eigenvalue weighted by molar-refractivity contribution is 9.10. The average molecular weight is 364 g/mol. The molecule has 0 radical (unpaired) electrons. The number of rotatable bonds is 6. The maximum atomic E-state index is 6.36. The van der Waals surface area contributed by atoms with E-state index >= 15 is 0 Å². The van der Waals surface area contributed by atoms with E-state index in [1.807, 2.05) is 11.8 Å². The highest BCUT2D eigenvalue weighted by atomic mass is 79.9. The molecule has 0 aliphatic carbocycles. The second kappa shape index (κ2) is 8.02. The van der Waals surface area contributed by atoms with Crippen molar-refractivity contribution in [2.45, 2.75) is 37.3 Å². The number of halogens is 1. The van der Waals surface area contributed by atoms with Crippen LogP contribution in [0.15, 0.2) is 53.0 Å². The van der Waals surface area contributed by atoms with Crippen molar-refractivity contribution in [2.75, 3.05) is 0 Å². The normalized spacial score (nSPS) is 13.9. The van der Waals surface area contributed by atoms with Crippen LogP contribution in [-0.2, 0) is 5.75 Å². The first-order valence-electron chi connectivity index (χ1n) is 7.29. The minimum atomic E-state index is 0.181. The quantitative estimate of drug-likeness (QED) is 0.736. The molecule has 21 heavy (non-hydrogen) atoms. The zero-order valence-electron chi connectivity index (χ0n) is 12.6. The minimum Gasteiger partial charge on any atom is -0.326 e. The van der Waals surface area contributed by atoms with Gasteiger partial charge in [0.15, 0.2) is 0 Å². The summed E-state index contributed by atoms with van der Waals surface area (Å²) in [5.41, 5.74) is 10.4. The van der Waals surface area contributed by atoms with Crippen LogP contribution >= 0.6 is 27.7 Å². The lowest BCUT2D eigenvalue weighted by Crippen LogP contribution is -2.25. The first-order valence-corrected chi connectivity index (χ1v) is 9.13. The Kier molecular flexibility index (Phi) is 6.34. The van der Waals surface area contributed by atoms with Gasteiger partial charge in [0.25, 0.3) is 0 Å².